The first-order valence-corrected chi connectivity index (χ1v) is 15.7. The van der Waals surface area contributed by atoms with E-state index in [0.717, 1.165) is 16.8 Å². The van der Waals surface area contributed by atoms with Crippen LogP contribution in [0.3, 0.4) is 0 Å². The van der Waals surface area contributed by atoms with E-state index in [-0.39, 0.29) is 5.04 Å². The highest BCUT2D eigenvalue weighted by Gasteiger charge is 2.40. The fourth-order valence-corrected chi connectivity index (χ4v) is 4.89. The number of benzene rings is 3. The topological polar surface area (TPSA) is 76.2 Å². The van der Waals surface area contributed by atoms with Crippen LogP contribution in [0, 0.1) is 11.3 Å². The van der Waals surface area contributed by atoms with Crippen LogP contribution >= 0.6 is 11.6 Å². The molecule has 0 fully saturated rings. The lowest BCUT2D eigenvalue weighted by atomic mass is 10.1. The van der Waals surface area contributed by atoms with Crippen LogP contribution in [0.25, 0.3) is 0 Å². The van der Waals surface area contributed by atoms with E-state index in [0.29, 0.717) is 35.2 Å². The van der Waals surface area contributed by atoms with Crippen LogP contribution in [0.2, 0.25) is 23.2 Å². The molecule has 0 aliphatic rings. The third-order valence-corrected chi connectivity index (χ3v) is 11.4. The molecular formula is C29H32ClN5O2Si. The van der Waals surface area contributed by atoms with Gasteiger partial charge in [-0.05, 0) is 65.7 Å². The summed E-state index contributed by atoms with van der Waals surface area (Å²) < 4.78 is 14.8. The highest BCUT2D eigenvalue weighted by atomic mass is 35.5. The van der Waals surface area contributed by atoms with Crippen molar-refractivity contribution in [1.29, 1.82) is 5.26 Å². The molecule has 7 nitrogen and oxygen atoms in total. The Morgan fingerprint density at radius 3 is 2.24 bits per heavy atom. The minimum atomic E-state index is -2.21. The maximum atomic E-state index is 9.21. The van der Waals surface area contributed by atoms with E-state index < -0.39 is 8.32 Å². The number of anilines is 1. The lowest BCUT2D eigenvalue weighted by molar-refractivity contribution is 0.294. The van der Waals surface area contributed by atoms with Gasteiger partial charge in [-0.2, -0.15) is 5.26 Å². The summed E-state index contributed by atoms with van der Waals surface area (Å²) in [5.74, 6) is 1.18. The van der Waals surface area contributed by atoms with E-state index in [9.17, 15) is 5.26 Å². The summed E-state index contributed by atoms with van der Waals surface area (Å²) in [7, 11) is -2.21. The Morgan fingerprint density at radius 1 is 0.974 bits per heavy atom. The van der Waals surface area contributed by atoms with Gasteiger partial charge in [0.25, 0.3) is 8.32 Å². The fourth-order valence-electron chi connectivity index (χ4n) is 3.59. The van der Waals surface area contributed by atoms with E-state index in [2.05, 4.69) is 50.1 Å². The molecule has 4 rings (SSSR count). The van der Waals surface area contributed by atoms with Crippen molar-refractivity contribution in [3.05, 3.63) is 101 Å². The molecule has 0 saturated heterocycles. The summed E-state index contributed by atoms with van der Waals surface area (Å²) >= 11 is 6.86. The third-order valence-electron chi connectivity index (χ3n) is 6.78. The summed E-state index contributed by atoms with van der Waals surface area (Å²) in [6.07, 6.45) is 3.26. The Balaban J connectivity index is 1.72. The van der Waals surface area contributed by atoms with Crippen molar-refractivity contribution in [3.63, 3.8) is 0 Å². The van der Waals surface area contributed by atoms with E-state index >= 15 is 0 Å². The summed E-state index contributed by atoms with van der Waals surface area (Å²) in [5.41, 5.74) is 3.43. The van der Waals surface area contributed by atoms with Crippen molar-refractivity contribution < 1.29 is 9.16 Å². The van der Waals surface area contributed by atoms with Crippen LogP contribution in [0.5, 0.6) is 11.5 Å². The van der Waals surface area contributed by atoms with Crippen molar-refractivity contribution >= 4 is 25.6 Å². The Hall–Kier alpha value is -3.80. The molecule has 0 aliphatic heterocycles. The number of halogens is 1. The molecule has 1 heterocycles. The predicted octanol–water partition coefficient (Wildman–Crippen LogP) is 7.24. The van der Waals surface area contributed by atoms with Crippen LogP contribution in [0.1, 0.15) is 37.5 Å². The molecule has 0 atom stereocenters. The first-order valence-electron chi connectivity index (χ1n) is 12.4. The Labute approximate surface area is 230 Å². The first-order chi connectivity index (χ1) is 18.1. The van der Waals surface area contributed by atoms with Crippen LogP contribution in [0.15, 0.2) is 79.4 Å². The molecule has 4 aromatic rings. The van der Waals surface area contributed by atoms with Crippen LogP contribution in [-0.2, 0) is 13.2 Å². The van der Waals surface area contributed by atoms with Crippen LogP contribution in [0.4, 0.5) is 5.69 Å². The standard InChI is InChI=1S/C29H32ClN5O2Si/c1-29(2,3)38(4,5)37-27-16-24(15-26(30)28(27)36-19-23-9-7-6-8-10-23)18-35(34-20-32-33-21-34)25-13-11-22(17-31)12-14-25/h6-16,20-21H,18-19H2,1-5H3. The second kappa shape index (κ2) is 11.3. The quantitative estimate of drug-likeness (QED) is 0.206. The number of hydrogen-bond donors (Lipinski definition) is 0. The third kappa shape index (κ3) is 6.36. The van der Waals surface area contributed by atoms with E-state index in [1.807, 2.05) is 59.6 Å². The molecule has 38 heavy (non-hydrogen) atoms. The molecular weight excluding hydrogens is 514 g/mol. The van der Waals surface area contributed by atoms with Gasteiger partial charge in [-0.1, -0.05) is 62.7 Å². The van der Waals surface area contributed by atoms with Gasteiger partial charge in [-0.3, -0.25) is 5.01 Å². The number of rotatable bonds is 9. The second-order valence-electron chi connectivity index (χ2n) is 10.6. The summed E-state index contributed by atoms with van der Waals surface area (Å²) in [6.45, 7) is 11.8. The Morgan fingerprint density at radius 2 is 1.63 bits per heavy atom. The highest BCUT2D eigenvalue weighted by molar-refractivity contribution is 6.74. The average molecular weight is 546 g/mol. The summed E-state index contributed by atoms with van der Waals surface area (Å²) in [6, 6.07) is 23.4. The second-order valence-corrected chi connectivity index (χ2v) is 15.7. The Bertz CT molecular complexity index is 1400. The zero-order valence-electron chi connectivity index (χ0n) is 22.4. The normalized spacial score (nSPS) is 11.6. The monoisotopic (exact) mass is 545 g/mol. The number of aromatic nitrogens is 3. The number of nitriles is 1. The minimum absolute atomic E-state index is 0.0107. The molecule has 0 N–H and O–H groups in total. The van der Waals surface area contributed by atoms with Crippen LogP contribution in [-0.4, -0.2) is 23.2 Å². The van der Waals surface area contributed by atoms with Gasteiger partial charge in [0.05, 0.1) is 28.9 Å². The van der Waals surface area contributed by atoms with Gasteiger partial charge in [0.15, 0.2) is 5.75 Å². The van der Waals surface area contributed by atoms with Crippen molar-refractivity contribution in [2.75, 3.05) is 5.01 Å². The van der Waals surface area contributed by atoms with Crippen molar-refractivity contribution in [1.82, 2.24) is 14.9 Å². The van der Waals surface area contributed by atoms with Gasteiger partial charge in [0.1, 0.15) is 25.0 Å². The minimum Gasteiger partial charge on any atom is -0.541 e. The molecule has 0 radical (unpaired) electrons. The van der Waals surface area contributed by atoms with E-state index in [1.54, 1.807) is 29.5 Å². The number of hydrogen-bond acceptors (Lipinski definition) is 6. The number of nitrogens with zero attached hydrogens (tertiary/aromatic N) is 5. The smallest absolute Gasteiger partial charge is 0.250 e. The SMILES string of the molecule is CC(C)(C)[Si](C)(C)Oc1cc(CN(c2ccc(C#N)cc2)n2cnnc2)cc(Cl)c1OCc1ccccc1. The molecule has 0 amide bonds. The van der Waals surface area contributed by atoms with Gasteiger partial charge < -0.3 is 9.16 Å². The molecule has 0 bridgehead atoms. The molecule has 0 spiro atoms. The van der Waals surface area contributed by atoms with E-state index in [4.69, 9.17) is 20.8 Å². The maximum Gasteiger partial charge on any atom is 0.250 e. The van der Waals surface area contributed by atoms with E-state index in [1.165, 1.54) is 0 Å². The largest absolute Gasteiger partial charge is 0.541 e. The molecule has 1 aromatic heterocycles. The fraction of sp³-hybridized carbons (Fsp3) is 0.276. The van der Waals surface area contributed by atoms with Crippen LogP contribution < -0.4 is 14.2 Å². The van der Waals surface area contributed by atoms with Gasteiger partial charge in [0, 0.05) is 0 Å². The molecule has 3 aromatic carbocycles. The summed E-state index contributed by atoms with van der Waals surface area (Å²) in [4.78, 5) is 0. The lowest BCUT2D eigenvalue weighted by Crippen LogP contribution is -2.44. The predicted molar refractivity (Wildman–Crippen MR) is 153 cm³/mol. The average Bonchev–Trinajstić information content (AvgIpc) is 3.41. The summed E-state index contributed by atoms with van der Waals surface area (Å²) in [5, 5.41) is 19.6. The van der Waals surface area contributed by atoms with Gasteiger partial charge in [0.2, 0.25) is 0 Å². The van der Waals surface area contributed by atoms with Crippen molar-refractivity contribution in [3.8, 4) is 17.6 Å². The Kier molecular flexibility index (Phi) is 8.10. The van der Waals surface area contributed by atoms with Gasteiger partial charge in [-0.15, -0.1) is 10.2 Å². The molecule has 196 valence electrons. The molecule has 0 saturated carbocycles. The first kappa shape index (κ1) is 27.2. The number of ether oxygens (including phenoxy) is 1. The van der Waals surface area contributed by atoms with Gasteiger partial charge >= 0.3 is 0 Å². The maximum absolute atomic E-state index is 9.21. The van der Waals surface area contributed by atoms with Gasteiger partial charge in [-0.25, -0.2) is 4.68 Å². The molecule has 9 heteroatoms. The van der Waals surface area contributed by atoms with Crippen molar-refractivity contribution in [2.45, 2.75) is 52.1 Å². The zero-order chi connectivity index (χ0) is 27.3. The lowest BCUT2D eigenvalue weighted by Gasteiger charge is -2.37. The highest BCUT2D eigenvalue weighted by Crippen LogP contribution is 2.43. The molecule has 0 unspecified atom stereocenters. The zero-order valence-corrected chi connectivity index (χ0v) is 24.1. The molecule has 0 aliphatic carbocycles. The van der Waals surface area contributed by atoms with Crippen molar-refractivity contribution in [2.24, 2.45) is 0 Å².